The third-order valence-electron chi connectivity index (χ3n) is 3.17. The Hall–Kier alpha value is -1.35. The molecular formula is C14H18FNO. The molecule has 1 N–H and O–H groups in total. The van der Waals surface area contributed by atoms with Gasteiger partial charge < -0.3 is 10.1 Å². The molecule has 17 heavy (non-hydrogen) atoms. The fourth-order valence-electron chi connectivity index (χ4n) is 2.15. The van der Waals surface area contributed by atoms with E-state index in [1.807, 2.05) is 0 Å². The molecule has 1 aliphatic carbocycles. The van der Waals surface area contributed by atoms with Gasteiger partial charge in [-0.2, -0.15) is 0 Å². The third kappa shape index (κ3) is 2.86. The smallest absolute Gasteiger partial charge is 0.165 e. The highest BCUT2D eigenvalue weighted by molar-refractivity contribution is 5.32. The molecule has 2 rings (SSSR count). The van der Waals surface area contributed by atoms with Gasteiger partial charge in [0.1, 0.15) is 0 Å². The lowest BCUT2D eigenvalue weighted by Crippen LogP contribution is -2.29. The SMILES string of the molecule is COc1cc(C(C)NC2CC=CC2)ccc1F. The quantitative estimate of drug-likeness (QED) is 0.809. The van der Waals surface area contributed by atoms with Crippen molar-refractivity contribution in [2.75, 3.05) is 7.11 Å². The maximum atomic E-state index is 13.3. The maximum Gasteiger partial charge on any atom is 0.165 e. The molecule has 1 atom stereocenters. The van der Waals surface area contributed by atoms with Crippen LogP contribution >= 0.6 is 0 Å². The van der Waals surface area contributed by atoms with E-state index < -0.39 is 0 Å². The molecule has 0 spiro atoms. The Morgan fingerprint density at radius 2 is 2.06 bits per heavy atom. The number of methoxy groups -OCH3 is 1. The minimum atomic E-state index is -0.314. The van der Waals surface area contributed by atoms with Crippen LogP contribution in [0.15, 0.2) is 30.4 Å². The fourth-order valence-corrected chi connectivity index (χ4v) is 2.15. The van der Waals surface area contributed by atoms with E-state index in [9.17, 15) is 4.39 Å². The van der Waals surface area contributed by atoms with Crippen molar-refractivity contribution in [2.45, 2.75) is 31.8 Å². The molecule has 92 valence electrons. The summed E-state index contributed by atoms with van der Waals surface area (Å²) < 4.78 is 18.3. The summed E-state index contributed by atoms with van der Waals surface area (Å²) in [6.45, 7) is 2.09. The van der Waals surface area contributed by atoms with Gasteiger partial charge in [-0.1, -0.05) is 18.2 Å². The Bertz CT molecular complexity index is 409. The van der Waals surface area contributed by atoms with Crippen LogP contribution in [0, 0.1) is 5.82 Å². The molecule has 2 nitrogen and oxygen atoms in total. The Morgan fingerprint density at radius 3 is 2.71 bits per heavy atom. The van der Waals surface area contributed by atoms with Crippen LogP contribution in [0.1, 0.15) is 31.4 Å². The first-order valence-corrected chi connectivity index (χ1v) is 5.95. The summed E-state index contributed by atoms with van der Waals surface area (Å²) in [5.41, 5.74) is 1.05. The van der Waals surface area contributed by atoms with Gasteiger partial charge in [-0.15, -0.1) is 0 Å². The van der Waals surface area contributed by atoms with Gasteiger partial charge in [-0.25, -0.2) is 4.39 Å². The molecule has 1 aromatic carbocycles. The summed E-state index contributed by atoms with van der Waals surface area (Å²) in [5, 5.41) is 3.53. The molecule has 0 bridgehead atoms. The molecule has 0 fully saturated rings. The molecule has 1 aliphatic rings. The minimum Gasteiger partial charge on any atom is -0.494 e. The number of benzene rings is 1. The zero-order chi connectivity index (χ0) is 12.3. The van der Waals surface area contributed by atoms with E-state index in [0.717, 1.165) is 18.4 Å². The highest BCUT2D eigenvalue weighted by Crippen LogP contribution is 2.23. The zero-order valence-electron chi connectivity index (χ0n) is 10.2. The number of hydrogen-bond acceptors (Lipinski definition) is 2. The van der Waals surface area contributed by atoms with E-state index in [0.29, 0.717) is 11.8 Å². The lowest BCUT2D eigenvalue weighted by atomic mass is 10.1. The highest BCUT2D eigenvalue weighted by Gasteiger charge is 2.15. The number of nitrogens with one attached hydrogen (secondary N) is 1. The maximum absolute atomic E-state index is 13.3. The Labute approximate surface area is 101 Å². The predicted molar refractivity (Wildman–Crippen MR) is 66.7 cm³/mol. The van der Waals surface area contributed by atoms with Gasteiger partial charge in [0.05, 0.1) is 7.11 Å². The average Bonchev–Trinajstić information content (AvgIpc) is 2.82. The van der Waals surface area contributed by atoms with Crippen molar-refractivity contribution in [3.63, 3.8) is 0 Å². The van der Waals surface area contributed by atoms with Crippen LogP contribution in [0.3, 0.4) is 0 Å². The second-order valence-corrected chi connectivity index (χ2v) is 4.42. The average molecular weight is 235 g/mol. The van der Waals surface area contributed by atoms with Crippen LogP contribution in [-0.4, -0.2) is 13.2 Å². The molecule has 3 heteroatoms. The van der Waals surface area contributed by atoms with E-state index in [1.165, 1.54) is 13.2 Å². The van der Waals surface area contributed by atoms with E-state index in [1.54, 1.807) is 12.1 Å². The molecule has 1 aromatic rings. The van der Waals surface area contributed by atoms with Gasteiger partial charge in [0.15, 0.2) is 11.6 Å². The highest BCUT2D eigenvalue weighted by atomic mass is 19.1. The van der Waals surface area contributed by atoms with Gasteiger partial charge in [-0.3, -0.25) is 0 Å². The Balaban J connectivity index is 2.05. The molecule has 0 saturated carbocycles. The summed E-state index contributed by atoms with van der Waals surface area (Å²) >= 11 is 0. The molecular weight excluding hydrogens is 217 g/mol. The topological polar surface area (TPSA) is 21.3 Å². The standard InChI is InChI=1S/C14H18FNO/c1-10(16-12-5-3-4-6-12)11-7-8-13(15)14(9-11)17-2/h3-4,7-10,12,16H,5-6H2,1-2H3. The normalized spacial score (nSPS) is 17.4. The first kappa shape index (κ1) is 12.1. The van der Waals surface area contributed by atoms with Gasteiger partial charge in [0.25, 0.3) is 0 Å². The van der Waals surface area contributed by atoms with Crippen molar-refractivity contribution < 1.29 is 9.13 Å². The van der Waals surface area contributed by atoms with Crippen LogP contribution in [-0.2, 0) is 0 Å². The van der Waals surface area contributed by atoms with Crippen LogP contribution < -0.4 is 10.1 Å². The summed E-state index contributed by atoms with van der Waals surface area (Å²) in [5.74, 6) is -0.00770. The second-order valence-electron chi connectivity index (χ2n) is 4.42. The van der Waals surface area contributed by atoms with Crippen molar-refractivity contribution in [3.8, 4) is 5.75 Å². The van der Waals surface area contributed by atoms with Gasteiger partial charge >= 0.3 is 0 Å². The monoisotopic (exact) mass is 235 g/mol. The van der Waals surface area contributed by atoms with Crippen molar-refractivity contribution in [1.29, 1.82) is 0 Å². The molecule has 0 saturated heterocycles. The third-order valence-corrected chi connectivity index (χ3v) is 3.17. The Morgan fingerprint density at radius 1 is 1.35 bits per heavy atom. The first-order valence-electron chi connectivity index (χ1n) is 5.95. The molecule has 0 heterocycles. The zero-order valence-corrected chi connectivity index (χ0v) is 10.2. The van der Waals surface area contributed by atoms with Crippen LogP contribution in [0.2, 0.25) is 0 Å². The molecule has 1 unspecified atom stereocenters. The van der Waals surface area contributed by atoms with E-state index in [4.69, 9.17) is 4.74 Å². The van der Waals surface area contributed by atoms with Crippen molar-refractivity contribution >= 4 is 0 Å². The van der Waals surface area contributed by atoms with Crippen molar-refractivity contribution in [1.82, 2.24) is 5.32 Å². The second kappa shape index (κ2) is 5.32. The fraction of sp³-hybridized carbons (Fsp3) is 0.429. The Kier molecular flexibility index (Phi) is 3.79. The molecule has 0 amide bonds. The summed E-state index contributed by atoms with van der Waals surface area (Å²) in [4.78, 5) is 0. The molecule has 0 aliphatic heterocycles. The van der Waals surface area contributed by atoms with Crippen molar-refractivity contribution in [2.24, 2.45) is 0 Å². The van der Waals surface area contributed by atoms with Crippen LogP contribution in [0.5, 0.6) is 5.75 Å². The van der Waals surface area contributed by atoms with E-state index in [-0.39, 0.29) is 11.9 Å². The van der Waals surface area contributed by atoms with Gasteiger partial charge in [0.2, 0.25) is 0 Å². The predicted octanol–water partition coefficient (Wildman–Crippen LogP) is 3.20. The van der Waals surface area contributed by atoms with Crippen LogP contribution in [0.4, 0.5) is 4.39 Å². The van der Waals surface area contributed by atoms with E-state index >= 15 is 0 Å². The lowest BCUT2D eigenvalue weighted by molar-refractivity contribution is 0.384. The molecule has 0 aromatic heterocycles. The number of halogens is 1. The van der Waals surface area contributed by atoms with Gasteiger partial charge in [-0.05, 0) is 37.5 Å². The summed E-state index contributed by atoms with van der Waals surface area (Å²) in [6, 6.07) is 5.72. The largest absolute Gasteiger partial charge is 0.494 e. The first-order chi connectivity index (χ1) is 8.20. The lowest BCUT2D eigenvalue weighted by Gasteiger charge is -2.20. The summed E-state index contributed by atoms with van der Waals surface area (Å²) in [7, 11) is 1.49. The summed E-state index contributed by atoms with van der Waals surface area (Å²) in [6.07, 6.45) is 6.52. The number of rotatable bonds is 4. The van der Waals surface area contributed by atoms with Crippen molar-refractivity contribution in [3.05, 3.63) is 41.7 Å². The molecule has 0 radical (unpaired) electrons. The number of ether oxygens (including phenoxy) is 1. The van der Waals surface area contributed by atoms with E-state index in [2.05, 4.69) is 24.4 Å². The van der Waals surface area contributed by atoms with Crippen LogP contribution in [0.25, 0.3) is 0 Å². The van der Waals surface area contributed by atoms with Gasteiger partial charge in [0, 0.05) is 12.1 Å². The minimum absolute atomic E-state index is 0.203. The number of hydrogen-bond donors (Lipinski definition) is 1.